The number of aryl methyl sites for hydroxylation is 2. The van der Waals surface area contributed by atoms with Crippen LogP contribution in [0, 0.1) is 18.3 Å². The zero-order chi connectivity index (χ0) is 24.0. The highest BCUT2D eigenvalue weighted by molar-refractivity contribution is 7.99. The van der Waals surface area contributed by atoms with Gasteiger partial charge in [0.25, 0.3) is 0 Å². The first-order valence-corrected chi connectivity index (χ1v) is 13.2. The van der Waals surface area contributed by atoms with E-state index in [0.717, 1.165) is 41.6 Å². The number of carbonyl (C=O) groups is 1. The maximum atomic E-state index is 12.7. The fourth-order valence-corrected chi connectivity index (χ4v) is 5.56. The number of amides is 1. The molecule has 1 fully saturated rings. The number of nitrogens with one attached hydrogen (secondary N) is 1. The van der Waals surface area contributed by atoms with Crippen molar-refractivity contribution in [2.45, 2.75) is 77.4 Å². The van der Waals surface area contributed by atoms with Gasteiger partial charge in [-0.3, -0.25) is 4.79 Å². The average Bonchev–Trinajstić information content (AvgIpc) is 3.10. The zero-order valence-corrected chi connectivity index (χ0v) is 22.1. The SMILES string of the molecule is Cc1cc(Cl)ccc1OCCCc1nnc(SCC(=O)N[C@H]2CCCC[C@@H]2C(C)(C)C)n1C. The van der Waals surface area contributed by atoms with Gasteiger partial charge < -0.3 is 14.6 Å². The van der Waals surface area contributed by atoms with Gasteiger partial charge in [-0.15, -0.1) is 10.2 Å². The first-order valence-electron chi connectivity index (χ1n) is 11.8. The van der Waals surface area contributed by atoms with E-state index in [4.69, 9.17) is 16.3 Å². The molecule has 1 aliphatic rings. The maximum absolute atomic E-state index is 12.7. The highest BCUT2D eigenvalue weighted by Crippen LogP contribution is 2.38. The van der Waals surface area contributed by atoms with E-state index in [1.54, 1.807) is 0 Å². The van der Waals surface area contributed by atoms with Gasteiger partial charge in [-0.25, -0.2) is 0 Å². The molecule has 0 unspecified atom stereocenters. The second-order valence-electron chi connectivity index (χ2n) is 10.0. The van der Waals surface area contributed by atoms with Crippen molar-refractivity contribution in [3.05, 3.63) is 34.6 Å². The molecule has 1 aromatic carbocycles. The molecule has 0 radical (unpaired) electrons. The van der Waals surface area contributed by atoms with Crippen molar-refractivity contribution >= 4 is 29.3 Å². The van der Waals surface area contributed by atoms with Crippen LogP contribution in [0.15, 0.2) is 23.4 Å². The molecule has 2 atom stereocenters. The van der Waals surface area contributed by atoms with Crippen molar-refractivity contribution in [2.24, 2.45) is 18.4 Å². The molecule has 0 spiro atoms. The second-order valence-corrected chi connectivity index (χ2v) is 11.4. The summed E-state index contributed by atoms with van der Waals surface area (Å²) in [5.41, 5.74) is 1.24. The molecule has 6 nitrogen and oxygen atoms in total. The Hall–Kier alpha value is -1.73. The van der Waals surface area contributed by atoms with E-state index in [-0.39, 0.29) is 17.4 Å². The predicted octanol–water partition coefficient (Wildman–Crippen LogP) is 5.60. The van der Waals surface area contributed by atoms with Crippen molar-refractivity contribution in [1.29, 1.82) is 0 Å². The lowest BCUT2D eigenvalue weighted by molar-refractivity contribution is -0.120. The number of thioether (sulfide) groups is 1. The Kier molecular flexibility index (Phi) is 9.10. The second kappa shape index (κ2) is 11.6. The zero-order valence-electron chi connectivity index (χ0n) is 20.5. The molecular weight excluding hydrogens is 456 g/mol. The lowest BCUT2D eigenvalue weighted by Gasteiger charge is -2.40. The normalized spacial score (nSPS) is 18.8. The van der Waals surface area contributed by atoms with E-state index in [1.807, 2.05) is 36.7 Å². The summed E-state index contributed by atoms with van der Waals surface area (Å²) in [6.07, 6.45) is 6.31. The molecule has 1 heterocycles. The summed E-state index contributed by atoms with van der Waals surface area (Å²) in [4.78, 5) is 12.7. The molecule has 1 aliphatic carbocycles. The summed E-state index contributed by atoms with van der Waals surface area (Å²) < 4.78 is 7.85. The highest BCUT2D eigenvalue weighted by Gasteiger charge is 2.34. The third kappa shape index (κ3) is 7.38. The van der Waals surface area contributed by atoms with Crippen LogP contribution in [0.5, 0.6) is 5.75 Å². The van der Waals surface area contributed by atoms with E-state index in [2.05, 4.69) is 36.3 Å². The molecule has 1 amide bonds. The smallest absolute Gasteiger partial charge is 0.230 e. The number of ether oxygens (including phenoxy) is 1. The third-order valence-corrected chi connectivity index (χ3v) is 7.68. The number of hydrogen-bond donors (Lipinski definition) is 1. The van der Waals surface area contributed by atoms with Gasteiger partial charge in [0.1, 0.15) is 11.6 Å². The van der Waals surface area contributed by atoms with Gasteiger partial charge in [0.15, 0.2) is 5.16 Å². The Bertz CT molecular complexity index is 941. The summed E-state index contributed by atoms with van der Waals surface area (Å²) >= 11 is 7.44. The number of halogens is 1. The molecule has 1 N–H and O–H groups in total. The van der Waals surface area contributed by atoms with E-state index in [1.165, 1.54) is 31.0 Å². The largest absolute Gasteiger partial charge is 0.493 e. The quantitative estimate of drug-likeness (QED) is 0.364. The molecule has 0 saturated heterocycles. The molecule has 0 aliphatic heterocycles. The molecule has 33 heavy (non-hydrogen) atoms. The number of hydrogen-bond acceptors (Lipinski definition) is 5. The monoisotopic (exact) mass is 492 g/mol. The lowest BCUT2D eigenvalue weighted by atomic mass is 9.69. The molecule has 1 aromatic heterocycles. The summed E-state index contributed by atoms with van der Waals surface area (Å²) in [5, 5.41) is 13.4. The van der Waals surface area contributed by atoms with Gasteiger partial charge in [0.05, 0.1) is 12.4 Å². The first kappa shape index (κ1) is 25.9. The van der Waals surface area contributed by atoms with Gasteiger partial charge in [0, 0.05) is 24.5 Å². The topological polar surface area (TPSA) is 69.0 Å². The van der Waals surface area contributed by atoms with Gasteiger partial charge in [-0.1, -0.05) is 57.0 Å². The van der Waals surface area contributed by atoms with Crippen LogP contribution in [-0.4, -0.2) is 39.1 Å². The summed E-state index contributed by atoms with van der Waals surface area (Å²) in [6, 6.07) is 5.91. The van der Waals surface area contributed by atoms with Crippen LogP contribution in [0.25, 0.3) is 0 Å². The van der Waals surface area contributed by atoms with Crippen LogP contribution in [0.4, 0.5) is 0 Å². The molecule has 2 aromatic rings. The Morgan fingerprint density at radius 2 is 2.03 bits per heavy atom. The Morgan fingerprint density at radius 1 is 1.27 bits per heavy atom. The number of aromatic nitrogens is 3. The van der Waals surface area contributed by atoms with E-state index in [0.29, 0.717) is 23.3 Å². The summed E-state index contributed by atoms with van der Waals surface area (Å²) in [6.45, 7) is 9.41. The van der Waals surface area contributed by atoms with Crippen molar-refractivity contribution in [1.82, 2.24) is 20.1 Å². The molecule has 8 heteroatoms. The van der Waals surface area contributed by atoms with Gasteiger partial charge in [-0.05, 0) is 61.3 Å². The molecule has 3 rings (SSSR count). The van der Waals surface area contributed by atoms with E-state index >= 15 is 0 Å². The Morgan fingerprint density at radius 3 is 2.76 bits per heavy atom. The number of benzene rings is 1. The van der Waals surface area contributed by atoms with E-state index < -0.39 is 0 Å². The Balaban J connectivity index is 1.44. The van der Waals surface area contributed by atoms with Crippen LogP contribution >= 0.6 is 23.4 Å². The molecule has 0 bridgehead atoms. The molecular formula is C25H37ClN4O2S. The number of carbonyl (C=O) groups excluding carboxylic acids is 1. The van der Waals surface area contributed by atoms with Gasteiger partial charge >= 0.3 is 0 Å². The van der Waals surface area contributed by atoms with Crippen LogP contribution < -0.4 is 10.1 Å². The van der Waals surface area contributed by atoms with Crippen molar-refractivity contribution in [3.8, 4) is 5.75 Å². The van der Waals surface area contributed by atoms with Crippen LogP contribution in [0.3, 0.4) is 0 Å². The van der Waals surface area contributed by atoms with Gasteiger partial charge in [-0.2, -0.15) is 0 Å². The highest BCUT2D eigenvalue weighted by atomic mass is 35.5. The van der Waals surface area contributed by atoms with Crippen molar-refractivity contribution in [3.63, 3.8) is 0 Å². The summed E-state index contributed by atoms with van der Waals surface area (Å²) in [7, 11) is 1.95. The number of nitrogens with zero attached hydrogens (tertiary/aromatic N) is 3. The first-order chi connectivity index (χ1) is 15.6. The lowest BCUT2D eigenvalue weighted by Crippen LogP contribution is -2.47. The average molecular weight is 493 g/mol. The maximum Gasteiger partial charge on any atom is 0.230 e. The minimum Gasteiger partial charge on any atom is -0.493 e. The van der Waals surface area contributed by atoms with Crippen LogP contribution in [0.1, 0.15) is 64.3 Å². The minimum atomic E-state index is 0.0810. The standard InChI is InChI=1S/C25H37ClN4O2S/c1-17-15-18(26)12-13-21(17)32-14-8-11-22-28-29-24(30(22)5)33-16-23(31)27-20-10-7-6-9-19(20)25(2,3)4/h12-13,15,19-20H,6-11,14,16H2,1-5H3,(H,27,31)/t19-,20-/m0/s1. The molecule has 1 saturated carbocycles. The fraction of sp³-hybridized carbons (Fsp3) is 0.640. The predicted molar refractivity (Wildman–Crippen MR) is 135 cm³/mol. The fourth-order valence-electron chi connectivity index (χ4n) is 4.59. The van der Waals surface area contributed by atoms with Crippen molar-refractivity contribution < 1.29 is 9.53 Å². The minimum absolute atomic E-state index is 0.0810. The Labute approximate surface area is 207 Å². The van der Waals surface area contributed by atoms with Gasteiger partial charge in [0.2, 0.25) is 5.91 Å². The van der Waals surface area contributed by atoms with Crippen LogP contribution in [0.2, 0.25) is 5.02 Å². The van der Waals surface area contributed by atoms with E-state index in [9.17, 15) is 4.79 Å². The summed E-state index contributed by atoms with van der Waals surface area (Å²) in [5.74, 6) is 2.72. The third-order valence-electron chi connectivity index (χ3n) is 6.42. The molecule has 182 valence electrons. The van der Waals surface area contributed by atoms with Crippen molar-refractivity contribution in [2.75, 3.05) is 12.4 Å². The number of rotatable bonds is 9. The van der Waals surface area contributed by atoms with Crippen LogP contribution in [-0.2, 0) is 18.3 Å².